The summed E-state index contributed by atoms with van der Waals surface area (Å²) in [5.41, 5.74) is 2.07. The number of hydrogen-bond donors (Lipinski definition) is 2. The van der Waals surface area contributed by atoms with E-state index in [1.54, 1.807) is 12.1 Å². The highest BCUT2D eigenvalue weighted by molar-refractivity contribution is 7.92. The summed E-state index contributed by atoms with van der Waals surface area (Å²) in [6.07, 6.45) is 0.808. The normalized spacial score (nSPS) is 16.3. The molecule has 1 aliphatic heterocycles. The fourth-order valence-corrected chi connectivity index (χ4v) is 5.06. The lowest BCUT2D eigenvalue weighted by atomic mass is 10.1. The first-order valence-corrected chi connectivity index (χ1v) is 11.4. The maximum atomic E-state index is 12.9. The number of anilines is 1. The summed E-state index contributed by atoms with van der Waals surface area (Å²) in [4.78, 5) is 4.24. The summed E-state index contributed by atoms with van der Waals surface area (Å²) >= 11 is 0. The first-order valence-electron chi connectivity index (χ1n) is 9.94. The molecular formula is C20H21F3N6O2S. The minimum absolute atomic E-state index is 0.0454. The van der Waals surface area contributed by atoms with E-state index in [9.17, 15) is 26.9 Å². The molecule has 1 fully saturated rings. The first-order chi connectivity index (χ1) is 15.1. The second-order valence-electron chi connectivity index (χ2n) is 7.88. The van der Waals surface area contributed by atoms with Gasteiger partial charge >= 0.3 is 6.18 Å². The van der Waals surface area contributed by atoms with Gasteiger partial charge in [0.2, 0.25) is 0 Å². The van der Waals surface area contributed by atoms with Crippen LogP contribution in [0.25, 0.3) is 10.9 Å². The van der Waals surface area contributed by atoms with Crippen LogP contribution >= 0.6 is 0 Å². The number of alkyl halides is 3. The maximum Gasteiger partial charge on any atom is 0.401 e. The summed E-state index contributed by atoms with van der Waals surface area (Å²) in [5.74, 6) is 0. The van der Waals surface area contributed by atoms with Gasteiger partial charge in [-0.25, -0.2) is 8.42 Å². The molecule has 1 aromatic carbocycles. The molecule has 0 unspecified atom stereocenters. The van der Waals surface area contributed by atoms with E-state index in [1.807, 2.05) is 6.92 Å². The van der Waals surface area contributed by atoms with Gasteiger partial charge in [-0.2, -0.15) is 23.5 Å². The molecule has 3 aromatic rings. The largest absolute Gasteiger partial charge is 0.401 e. The number of rotatable bonds is 5. The number of hydrogen-bond acceptors (Lipinski definition) is 5. The monoisotopic (exact) mass is 466 g/mol. The number of benzene rings is 1. The molecule has 170 valence electrons. The molecule has 2 aromatic heterocycles. The highest BCUT2D eigenvalue weighted by atomic mass is 32.2. The van der Waals surface area contributed by atoms with Crippen molar-refractivity contribution in [1.29, 1.82) is 5.26 Å². The minimum Gasteiger partial charge on any atom is -0.358 e. The Morgan fingerprint density at radius 1 is 1.31 bits per heavy atom. The summed E-state index contributed by atoms with van der Waals surface area (Å²) in [6, 6.07) is 5.26. The van der Waals surface area contributed by atoms with E-state index in [4.69, 9.17) is 0 Å². The lowest BCUT2D eigenvalue weighted by Gasteiger charge is -2.32. The number of nitrogens with one attached hydrogen (secondary N) is 2. The number of nitrogens with zero attached hydrogens (tertiary/aromatic N) is 4. The fourth-order valence-electron chi connectivity index (χ4n) is 4.05. The molecular weight excluding hydrogens is 445 g/mol. The topological polar surface area (TPSA) is 107 Å². The molecule has 1 aliphatic rings. The maximum absolute atomic E-state index is 12.9. The summed E-state index contributed by atoms with van der Waals surface area (Å²) in [7, 11) is -3.96. The van der Waals surface area contributed by atoms with Gasteiger partial charge in [0, 0.05) is 30.9 Å². The van der Waals surface area contributed by atoms with Crippen molar-refractivity contribution in [2.45, 2.75) is 36.9 Å². The number of fused-ring (bicyclic) bond motifs is 1. The van der Waals surface area contributed by atoms with Gasteiger partial charge in [-0.05, 0) is 31.4 Å². The number of H-pyrrole nitrogens is 1. The number of nitriles is 1. The average Bonchev–Trinajstić information content (AvgIpc) is 3.38. The number of aromatic nitrogens is 3. The van der Waals surface area contributed by atoms with Crippen LogP contribution in [-0.2, 0) is 10.0 Å². The zero-order valence-corrected chi connectivity index (χ0v) is 18.0. The molecule has 0 bridgehead atoms. The Kier molecular flexibility index (Phi) is 5.64. The third-order valence-corrected chi connectivity index (χ3v) is 6.95. The van der Waals surface area contributed by atoms with Gasteiger partial charge < -0.3 is 4.98 Å². The van der Waals surface area contributed by atoms with Crippen LogP contribution in [0.15, 0.2) is 35.6 Å². The zero-order valence-electron chi connectivity index (χ0n) is 17.1. The number of halogens is 3. The average molecular weight is 466 g/mol. The van der Waals surface area contributed by atoms with Crippen molar-refractivity contribution in [2.75, 3.05) is 24.4 Å². The zero-order chi connectivity index (χ0) is 23.1. The summed E-state index contributed by atoms with van der Waals surface area (Å²) < 4.78 is 67.6. The van der Waals surface area contributed by atoms with Crippen LogP contribution in [0.2, 0.25) is 0 Å². The van der Waals surface area contributed by atoms with E-state index in [2.05, 4.69) is 20.9 Å². The van der Waals surface area contributed by atoms with Gasteiger partial charge in [0.25, 0.3) is 10.0 Å². The standard InChI is InChI=1S/C20H21F3N6O2S/c1-13-2-3-17(19-18(13)14(8-24)9-25-19)27-32(30,31)16-10-26-29(11-16)15-4-6-28(7-5-15)12-20(21,22)23/h2-3,9-11,15,25,27H,4-7,12H2,1H3. The lowest BCUT2D eigenvalue weighted by Crippen LogP contribution is -2.40. The van der Waals surface area contributed by atoms with Gasteiger partial charge in [-0.3, -0.25) is 14.3 Å². The molecule has 2 N–H and O–H groups in total. The smallest absolute Gasteiger partial charge is 0.358 e. The molecule has 4 rings (SSSR count). The van der Waals surface area contributed by atoms with Crippen LogP contribution in [0.5, 0.6) is 0 Å². The molecule has 3 heterocycles. The lowest BCUT2D eigenvalue weighted by molar-refractivity contribution is -0.148. The Morgan fingerprint density at radius 2 is 2.03 bits per heavy atom. The molecule has 0 atom stereocenters. The predicted molar refractivity (Wildman–Crippen MR) is 112 cm³/mol. The van der Waals surface area contributed by atoms with Gasteiger partial charge in [0.05, 0.1) is 35.6 Å². The van der Waals surface area contributed by atoms with Crippen LogP contribution in [0.3, 0.4) is 0 Å². The second kappa shape index (κ2) is 8.14. The molecule has 0 spiro atoms. The third kappa shape index (κ3) is 4.44. The van der Waals surface area contributed by atoms with Crippen molar-refractivity contribution >= 4 is 26.6 Å². The number of aryl methyl sites for hydroxylation is 1. The van der Waals surface area contributed by atoms with Gasteiger partial charge in [-0.1, -0.05) is 6.07 Å². The van der Waals surface area contributed by atoms with Crippen molar-refractivity contribution in [3.05, 3.63) is 41.9 Å². The Labute approximate surface area is 182 Å². The summed E-state index contributed by atoms with van der Waals surface area (Å²) in [6.45, 7) is 1.42. The molecule has 8 nitrogen and oxygen atoms in total. The van der Waals surface area contributed by atoms with E-state index in [-0.39, 0.29) is 24.0 Å². The molecule has 0 radical (unpaired) electrons. The van der Waals surface area contributed by atoms with E-state index >= 15 is 0 Å². The van der Waals surface area contributed by atoms with Crippen molar-refractivity contribution in [1.82, 2.24) is 19.7 Å². The van der Waals surface area contributed by atoms with Crippen molar-refractivity contribution in [3.8, 4) is 6.07 Å². The van der Waals surface area contributed by atoms with Crippen molar-refractivity contribution in [2.24, 2.45) is 0 Å². The Hall–Kier alpha value is -3.04. The van der Waals surface area contributed by atoms with Crippen LogP contribution < -0.4 is 4.72 Å². The van der Waals surface area contributed by atoms with Crippen molar-refractivity contribution in [3.63, 3.8) is 0 Å². The fraction of sp³-hybridized carbons (Fsp3) is 0.400. The molecule has 1 saturated heterocycles. The highest BCUT2D eigenvalue weighted by Gasteiger charge is 2.33. The molecule has 0 saturated carbocycles. The Balaban J connectivity index is 1.50. The van der Waals surface area contributed by atoms with Crippen molar-refractivity contribution < 1.29 is 21.6 Å². The number of aromatic amines is 1. The van der Waals surface area contributed by atoms with Gasteiger partial charge in [0.1, 0.15) is 11.0 Å². The highest BCUT2D eigenvalue weighted by Crippen LogP contribution is 2.30. The van der Waals surface area contributed by atoms with E-state index in [1.165, 1.54) is 28.2 Å². The number of likely N-dealkylation sites (tertiary alicyclic amines) is 1. The molecule has 0 aliphatic carbocycles. The molecule has 32 heavy (non-hydrogen) atoms. The van der Waals surface area contributed by atoms with Gasteiger partial charge in [-0.15, -0.1) is 0 Å². The molecule has 0 amide bonds. The second-order valence-corrected chi connectivity index (χ2v) is 9.56. The van der Waals surface area contributed by atoms with Crippen LogP contribution in [-0.4, -0.2) is 53.9 Å². The third-order valence-electron chi connectivity index (χ3n) is 5.63. The summed E-state index contributed by atoms with van der Waals surface area (Å²) in [5, 5.41) is 14.1. The number of sulfonamides is 1. The first kappa shape index (κ1) is 22.2. The number of piperidine rings is 1. The molecule has 12 heteroatoms. The minimum atomic E-state index is -4.24. The Morgan fingerprint density at radius 3 is 2.69 bits per heavy atom. The van der Waals surface area contributed by atoms with Gasteiger partial charge in [0.15, 0.2) is 0 Å². The van der Waals surface area contributed by atoms with E-state index in [0.717, 1.165) is 5.56 Å². The van der Waals surface area contributed by atoms with Crippen LogP contribution in [0.1, 0.15) is 30.0 Å². The van der Waals surface area contributed by atoms with E-state index < -0.39 is 22.7 Å². The van der Waals surface area contributed by atoms with Crippen LogP contribution in [0.4, 0.5) is 18.9 Å². The van der Waals surface area contributed by atoms with Crippen LogP contribution in [0, 0.1) is 18.3 Å². The predicted octanol–water partition coefficient (Wildman–Crippen LogP) is 3.54. The Bertz CT molecular complexity index is 1280. The quantitative estimate of drug-likeness (QED) is 0.598. The van der Waals surface area contributed by atoms with E-state index in [0.29, 0.717) is 35.0 Å². The SMILES string of the molecule is Cc1ccc(NS(=O)(=O)c2cnn(C3CCN(CC(F)(F)F)CC3)c2)c2[nH]cc(C#N)c12.